The molecule has 122 valence electrons. The smallest absolute Gasteiger partial charge is 0.122 e. The van der Waals surface area contributed by atoms with Crippen LogP contribution < -0.4 is 10.1 Å². The third kappa shape index (κ3) is 3.48. The monoisotopic (exact) mass is 329 g/mol. The van der Waals surface area contributed by atoms with Crippen molar-refractivity contribution in [3.63, 3.8) is 0 Å². The molecular weight excluding hydrogens is 306 g/mol. The lowest BCUT2D eigenvalue weighted by Gasteiger charge is -2.25. The van der Waals surface area contributed by atoms with Crippen LogP contribution in [0.1, 0.15) is 36.9 Å². The molecule has 1 aliphatic heterocycles. The average molecular weight is 329 g/mol. The summed E-state index contributed by atoms with van der Waals surface area (Å²) in [6.45, 7) is 5.10. The Labute approximate surface area is 140 Å². The normalized spacial score (nSPS) is 20.4. The minimum absolute atomic E-state index is 0.233. The number of benzene rings is 2. The molecule has 0 unspecified atom stereocenters. The molecule has 2 aromatic rings. The van der Waals surface area contributed by atoms with Crippen molar-refractivity contribution in [2.24, 2.45) is 0 Å². The first-order valence-corrected chi connectivity index (χ1v) is 9.53. The van der Waals surface area contributed by atoms with Crippen LogP contribution >= 0.6 is 0 Å². The van der Waals surface area contributed by atoms with Crippen LogP contribution in [-0.4, -0.2) is 23.1 Å². The van der Waals surface area contributed by atoms with Crippen LogP contribution in [0.15, 0.2) is 53.4 Å². The van der Waals surface area contributed by atoms with E-state index in [2.05, 4.69) is 43.4 Å². The van der Waals surface area contributed by atoms with Crippen molar-refractivity contribution < 1.29 is 8.95 Å². The van der Waals surface area contributed by atoms with E-state index < -0.39 is 10.8 Å². The van der Waals surface area contributed by atoms with E-state index in [1.807, 2.05) is 24.3 Å². The van der Waals surface area contributed by atoms with Gasteiger partial charge in [0.25, 0.3) is 0 Å². The summed E-state index contributed by atoms with van der Waals surface area (Å²) in [5.74, 6) is 1.38. The van der Waals surface area contributed by atoms with E-state index in [1.165, 1.54) is 11.1 Å². The molecular formula is C19H23NO2S. The van der Waals surface area contributed by atoms with Gasteiger partial charge in [-0.25, -0.2) is 0 Å². The lowest BCUT2D eigenvalue weighted by Crippen LogP contribution is -2.34. The molecule has 0 aliphatic carbocycles. The Morgan fingerprint density at radius 1 is 1.13 bits per heavy atom. The third-order valence-electron chi connectivity index (χ3n) is 4.57. The van der Waals surface area contributed by atoms with Crippen molar-refractivity contribution in [2.45, 2.75) is 36.7 Å². The Hall–Kier alpha value is -1.65. The van der Waals surface area contributed by atoms with Crippen LogP contribution in [0.4, 0.5) is 0 Å². The first kappa shape index (κ1) is 16.2. The summed E-state index contributed by atoms with van der Waals surface area (Å²) >= 11 is 0. The molecule has 4 atom stereocenters. The number of hydrogen-bond donors (Lipinski definition) is 1. The second kappa shape index (κ2) is 6.85. The van der Waals surface area contributed by atoms with Gasteiger partial charge in [-0.1, -0.05) is 30.3 Å². The number of fused-ring (bicyclic) bond motifs is 1. The van der Waals surface area contributed by atoms with Gasteiger partial charge in [0.15, 0.2) is 0 Å². The highest BCUT2D eigenvalue weighted by Crippen LogP contribution is 2.36. The Balaban J connectivity index is 1.68. The summed E-state index contributed by atoms with van der Waals surface area (Å²) in [7, 11) is -0.925. The lowest BCUT2D eigenvalue weighted by molar-refractivity contribution is 0.297. The van der Waals surface area contributed by atoms with Gasteiger partial charge in [-0.15, -0.1) is 0 Å². The standard InChI is InChI=1S/C19H23NO2S/c1-13(15-8-10-16(11-9-15)23(3)21)20-14(2)18-12-22-19-7-5-4-6-17(18)19/h4-11,13-14,18,20H,12H2,1-3H3/t13-,14+,18-,23+/m0/s1. The molecule has 1 heterocycles. The van der Waals surface area contributed by atoms with Crippen molar-refractivity contribution in [1.29, 1.82) is 0 Å². The third-order valence-corrected chi connectivity index (χ3v) is 5.50. The molecule has 0 fully saturated rings. The summed E-state index contributed by atoms with van der Waals surface area (Å²) in [6.07, 6.45) is 1.70. The molecule has 0 aromatic heterocycles. The molecule has 3 nitrogen and oxygen atoms in total. The zero-order valence-corrected chi connectivity index (χ0v) is 14.6. The van der Waals surface area contributed by atoms with Crippen LogP contribution in [0.3, 0.4) is 0 Å². The summed E-state index contributed by atoms with van der Waals surface area (Å²) in [5, 5.41) is 3.67. The van der Waals surface area contributed by atoms with Gasteiger partial charge in [-0.05, 0) is 37.6 Å². The minimum atomic E-state index is -0.925. The topological polar surface area (TPSA) is 38.3 Å². The fourth-order valence-corrected chi connectivity index (χ4v) is 3.68. The van der Waals surface area contributed by atoms with Crippen LogP contribution in [0.2, 0.25) is 0 Å². The van der Waals surface area contributed by atoms with Gasteiger partial charge in [0.1, 0.15) is 5.75 Å². The maximum absolute atomic E-state index is 11.5. The predicted molar refractivity (Wildman–Crippen MR) is 94.5 cm³/mol. The van der Waals surface area contributed by atoms with Crippen molar-refractivity contribution in [3.05, 3.63) is 59.7 Å². The zero-order chi connectivity index (χ0) is 16.4. The van der Waals surface area contributed by atoms with Gasteiger partial charge in [-0.2, -0.15) is 0 Å². The number of rotatable bonds is 5. The molecule has 1 aliphatic rings. The van der Waals surface area contributed by atoms with Crippen LogP contribution in [0.25, 0.3) is 0 Å². The van der Waals surface area contributed by atoms with Gasteiger partial charge in [0.2, 0.25) is 0 Å². The van der Waals surface area contributed by atoms with Gasteiger partial charge in [-0.3, -0.25) is 4.21 Å². The second-order valence-corrected chi connectivity index (χ2v) is 7.54. The highest BCUT2D eigenvalue weighted by atomic mass is 32.2. The quantitative estimate of drug-likeness (QED) is 0.910. The molecule has 0 amide bonds. The molecule has 0 bridgehead atoms. The fourth-order valence-electron chi connectivity index (χ4n) is 3.16. The molecule has 0 saturated heterocycles. The van der Waals surface area contributed by atoms with Gasteiger partial charge < -0.3 is 10.1 Å². The summed E-state index contributed by atoms with van der Waals surface area (Å²) in [5.41, 5.74) is 2.50. The van der Waals surface area contributed by atoms with Crippen molar-refractivity contribution in [1.82, 2.24) is 5.32 Å². The van der Waals surface area contributed by atoms with Gasteiger partial charge >= 0.3 is 0 Å². The number of ether oxygens (including phenoxy) is 1. The van der Waals surface area contributed by atoms with Crippen LogP contribution in [0.5, 0.6) is 5.75 Å². The van der Waals surface area contributed by atoms with Crippen molar-refractivity contribution >= 4 is 10.8 Å². The number of nitrogens with one attached hydrogen (secondary N) is 1. The average Bonchev–Trinajstić information content (AvgIpc) is 2.99. The molecule has 2 aromatic carbocycles. The lowest BCUT2D eigenvalue weighted by atomic mass is 9.93. The Morgan fingerprint density at radius 3 is 2.52 bits per heavy atom. The molecule has 3 rings (SSSR count). The second-order valence-electron chi connectivity index (χ2n) is 6.16. The van der Waals surface area contributed by atoms with E-state index in [4.69, 9.17) is 4.74 Å². The molecule has 4 heteroatoms. The minimum Gasteiger partial charge on any atom is -0.493 e. The van der Waals surface area contributed by atoms with E-state index >= 15 is 0 Å². The highest BCUT2D eigenvalue weighted by Gasteiger charge is 2.29. The molecule has 0 saturated carbocycles. The molecule has 1 N–H and O–H groups in total. The molecule has 0 radical (unpaired) electrons. The summed E-state index contributed by atoms with van der Waals surface area (Å²) < 4.78 is 17.3. The van der Waals surface area contributed by atoms with Gasteiger partial charge in [0.05, 0.1) is 6.61 Å². The molecule has 23 heavy (non-hydrogen) atoms. The van der Waals surface area contributed by atoms with E-state index in [-0.39, 0.29) is 6.04 Å². The number of hydrogen-bond acceptors (Lipinski definition) is 3. The van der Waals surface area contributed by atoms with Crippen LogP contribution in [0, 0.1) is 0 Å². The highest BCUT2D eigenvalue weighted by molar-refractivity contribution is 7.84. The number of para-hydroxylation sites is 1. The SMILES string of the molecule is C[C@H](N[C@H](C)[C@@H]1COc2ccccc21)c1ccc([S@@](C)=O)cc1. The van der Waals surface area contributed by atoms with E-state index in [0.29, 0.717) is 12.0 Å². The Kier molecular flexibility index (Phi) is 4.83. The summed E-state index contributed by atoms with van der Waals surface area (Å²) in [6, 6.07) is 16.8. The Bertz CT molecular complexity index is 699. The fraction of sp³-hybridized carbons (Fsp3) is 0.368. The predicted octanol–water partition coefficient (Wildman–Crippen LogP) is 3.64. The van der Waals surface area contributed by atoms with E-state index in [9.17, 15) is 4.21 Å². The molecule has 0 spiro atoms. The first-order valence-electron chi connectivity index (χ1n) is 7.97. The summed E-state index contributed by atoms with van der Waals surface area (Å²) in [4.78, 5) is 0.868. The van der Waals surface area contributed by atoms with Crippen molar-refractivity contribution in [2.75, 3.05) is 12.9 Å². The van der Waals surface area contributed by atoms with Crippen molar-refractivity contribution in [3.8, 4) is 5.75 Å². The van der Waals surface area contributed by atoms with E-state index in [1.54, 1.807) is 6.26 Å². The van der Waals surface area contributed by atoms with E-state index in [0.717, 1.165) is 17.3 Å². The first-order chi connectivity index (χ1) is 11.1. The van der Waals surface area contributed by atoms with Crippen LogP contribution in [-0.2, 0) is 10.8 Å². The largest absolute Gasteiger partial charge is 0.493 e. The maximum atomic E-state index is 11.5. The van der Waals surface area contributed by atoms with Gasteiger partial charge in [0, 0.05) is 45.5 Å². The zero-order valence-electron chi connectivity index (χ0n) is 13.8. The Morgan fingerprint density at radius 2 is 1.83 bits per heavy atom. The maximum Gasteiger partial charge on any atom is 0.122 e.